The molecule has 0 heterocycles. The second-order valence-electron chi connectivity index (χ2n) is 4.31. The van der Waals surface area contributed by atoms with Gasteiger partial charge in [0.1, 0.15) is 0 Å². The average Bonchev–Trinajstić information content (AvgIpc) is 2.26. The van der Waals surface area contributed by atoms with E-state index in [9.17, 15) is 5.11 Å². The first-order valence-corrected chi connectivity index (χ1v) is 5.57. The van der Waals surface area contributed by atoms with E-state index in [2.05, 4.69) is 38.2 Å². The van der Waals surface area contributed by atoms with Gasteiger partial charge in [-0.1, -0.05) is 51.1 Å². The standard InChI is InChI=1S/C13H21NO/c1-10(2)14-13(9-15)11(3)12-7-5-4-6-8-12/h4-8,10-11,13-15H,9H2,1-3H3. The molecule has 84 valence electrons. The Kier molecular flexibility index (Phi) is 4.79. The van der Waals surface area contributed by atoms with Gasteiger partial charge in [-0.3, -0.25) is 0 Å². The molecule has 0 saturated heterocycles. The highest BCUT2D eigenvalue weighted by atomic mass is 16.3. The van der Waals surface area contributed by atoms with Crippen molar-refractivity contribution in [2.75, 3.05) is 6.61 Å². The van der Waals surface area contributed by atoms with Gasteiger partial charge in [0.25, 0.3) is 0 Å². The van der Waals surface area contributed by atoms with Crippen LogP contribution in [0, 0.1) is 0 Å². The molecule has 0 bridgehead atoms. The van der Waals surface area contributed by atoms with Gasteiger partial charge in [0.05, 0.1) is 6.61 Å². The van der Waals surface area contributed by atoms with E-state index in [-0.39, 0.29) is 12.6 Å². The lowest BCUT2D eigenvalue weighted by Crippen LogP contribution is -2.41. The third kappa shape index (κ3) is 3.65. The molecule has 15 heavy (non-hydrogen) atoms. The summed E-state index contributed by atoms with van der Waals surface area (Å²) in [5.41, 5.74) is 1.27. The molecule has 0 spiro atoms. The quantitative estimate of drug-likeness (QED) is 0.775. The van der Waals surface area contributed by atoms with Gasteiger partial charge in [0.2, 0.25) is 0 Å². The van der Waals surface area contributed by atoms with Crippen LogP contribution >= 0.6 is 0 Å². The summed E-state index contributed by atoms with van der Waals surface area (Å²) < 4.78 is 0. The molecule has 0 aliphatic heterocycles. The van der Waals surface area contributed by atoms with Gasteiger partial charge in [0.15, 0.2) is 0 Å². The van der Waals surface area contributed by atoms with E-state index in [1.807, 2.05) is 18.2 Å². The zero-order valence-corrected chi connectivity index (χ0v) is 9.77. The molecule has 2 unspecified atom stereocenters. The van der Waals surface area contributed by atoms with E-state index >= 15 is 0 Å². The molecule has 1 rings (SSSR count). The Bertz CT molecular complexity index is 271. The highest BCUT2D eigenvalue weighted by Crippen LogP contribution is 2.18. The topological polar surface area (TPSA) is 32.3 Å². The molecule has 2 heteroatoms. The SMILES string of the molecule is CC(C)NC(CO)C(C)c1ccccc1. The molecule has 2 nitrogen and oxygen atoms in total. The van der Waals surface area contributed by atoms with Crippen LogP contribution < -0.4 is 5.32 Å². The van der Waals surface area contributed by atoms with Crippen molar-refractivity contribution in [1.82, 2.24) is 5.32 Å². The molecule has 0 saturated carbocycles. The van der Waals surface area contributed by atoms with E-state index in [0.29, 0.717) is 12.0 Å². The van der Waals surface area contributed by atoms with Crippen molar-refractivity contribution in [3.63, 3.8) is 0 Å². The Balaban J connectivity index is 2.69. The average molecular weight is 207 g/mol. The molecule has 1 aromatic carbocycles. The monoisotopic (exact) mass is 207 g/mol. The molecule has 0 fully saturated rings. The molecule has 0 aliphatic carbocycles. The Labute approximate surface area is 92.3 Å². The third-order valence-electron chi connectivity index (χ3n) is 2.67. The molecule has 2 atom stereocenters. The van der Waals surface area contributed by atoms with Crippen LogP contribution in [0.25, 0.3) is 0 Å². The summed E-state index contributed by atoms with van der Waals surface area (Å²) in [5, 5.41) is 12.7. The fourth-order valence-electron chi connectivity index (χ4n) is 1.77. The minimum atomic E-state index is 0.132. The normalized spacial score (nSPS) is 15.3. The van der Waals surface area contributed by atoms with Gasteiger partial charge < -0.3 is 10.4 Å². The predicted octanol–water partition coefficient (Wildman–Crippen LogP) is 2.15. The van der Waals surface area contributed by atoms with Crippen LogP contribution in [0.15, 0.2) is 30.3 Å². The minimum Gasteiger partial charge on any atom is -0.395 e. The van der Waals surface area contributed by atoms with Gasteiger partial charge >= 0.3 is 0 Å². The summed E-state index contributed by atoms with van der Waals surface area (Å²) in [5.74, 6) is 0.332. The number of nitrogens with one attached hydrogen (secondary N) is 1. The lowest BCUT2D eigenvalue weighted by Gasteiger charge is -2.25. The third-order valence-corrected chi connectivity index (χ3v) is 2.67. The maximum absolute atomic E-state index is 9.34. The molecular weight excluding hydrogens is 186 g/mol. The van der Waals surface area contributed by atoms with Crippen molar-refractivity contribution in [1.29, 1.82) is 0 Å². The summed E-state index contributed by atoms with van der Waals surface area (Å²) in [6.07, 6.45) is 0. The fourth-order valence-corrected chi connectivity index (χ4v) is 1.77. The first-order chi connectivity index (χ1) is 7.15. The van der Waals surface area contributed by atoms with Crippen LogP contribution in [-0.2, 0) is 0 Å². The number of benzene rings is 1. The van der Waals surface area contributed by atoms with Crippen molar-refractivity contribution in [3.8, 4) is 0 Å². The van der Waals surface area contributed by atoms with Crippen LogP contribution in [0.2, 0.25) is 0 Å². The summed E-state index contributed by atoms with van der Waals surface area (Å²) in [7, 11) is 0. The fraction of sp³-hybridized carbons (Fsp3) is 0.538. The number of hydrogen-bond acceptors (Lipinski definition) is 2. The van der Waals surface area contributed by atoms with Gasteiger partial charge in [-0.2, -0.15) is 0 Å². The van der Waals surface area contributed by atoms with Gasteiger partial charge in [-0.15, -0.1) is 0 Å². The Morgan fingerprint density at radius 1 is 1.13 bits per heavy atom. The van der Waals surface area contributed by atoms with E-state index in [1.165, 1.54) is 5.56 Å². The highest BCUT2D eigenvalue weighted by molar-refractivity contribution is 5.20. The minimum absolute atomic E-state index is 0.132. The zero-order valence-electron chi connectivity index (χ0n) is 9.77. The first-order valence-electron chi connectivity index (χ1n) is 5.57. The summed E-state index contributed by atoms with van der Waals surface area (Å²) in [4.78, 5) is 0. The van der Waals surface area contributed by atoms with E-state index < -0.39 is 0 Å². The van der Waals surface area contributed by atoms with Crippen LogP contribution in [0.1, 0.15) is 32.3 Å². The van der Waals surface area contributed by atoms with Gasteiger partial charge in [0, 0.05) is 12.1 Å². The first kappa shape index (κ1) is 12.2. The van der Waals surface area contributed by atoms with Crippen molar-refractivity contribution in [2.24, 2.45) is 0 Å². The maximum Gasteiger partial charge on any atom is 0.0590 e. The van der Waals surface area contributed by atoms with Crippen molar-refractivity contribution < 1.29 is 5.11 Å². The number of aliphatic hydroxyl groups is 1. The largest absolute Gasteiger partial charge is 0.395 e. The van der Waals surface area contributed by atoms with E-state index in [4.69, 9.17) is 0 Å². The Morgan fingerprint density at radius 2 is 1.73 bits per heavy atom. The van der Waals surface area contributed by atoms with Crippen molar-refractivity contribution in [3.05, 3.63) is 35.9 Å². The van der Waals surface area contributed by atoms with Crippen LogP contribution in [0.4, 0.5) is 0 Å². The smallest absolute Gasteiger partial charge is 0.0590 e. The second-order valence-corrected chi connectivity index (χ2v) is 4.31. The van der Waals surface area contributed by atoms with Crippen molar-refractivity contribution >= 4 is 0 Å². The van der Waals surface area contributed by atoms with Crippen LogP contribution in [-0.4, -0.2) is 23.8 Å². The van der Waals surface area contributed by atoms with Crippen LogP contribution in [0.3, 0.4) is 0 Å². The number of aliphatic hydroxyl groups excluding tert-OH is 1. The van der Waals surface area contributed by atoms with Gasteiger partial charge in [-0.25, -0.2) is 0 Å². The summed E-state index contributed by atoms with van der Waals surface area (Å²) in [6.45, 7) is 6.51. The molecule has 0 radical (unpaired) electrons. The molecule has 0 aliphatic rings. The summed E-state index contributed by atoms with van der Waals surface area (Å²) in [6, 6.07) is 10.8. The Morgan fingerprint density at radius 3 is 2.20 bits per heavy atom. The second kappa shape index (κ2) is 5.89. The van der Waals surface area contributed by atoms with Crippen LogP contribution in [0.5, 0.6) is 0 Å². The molecule has 0 amide bonds. The lowest BCUT2D eigenvalue weighted by molar-refractivity contribution is 0.219. The molecule has 0 aromatic heterocycles. The van der Waals surface area contributed by atoms with E-state index in [0.717, 1.165) is 0 Å². The highest BCUT2D eigenvalue weighted by Gasteiger charge is 2.18. The van der Waals surface area contributed by atoms with Crippen molar-refractivity contribution in [2.45, 2.75) is 38.8 Å². The number of hydrogen-bond donors (Lipinski definition) is 2. The molecule has 1 aromatic rings. The maximum atomic E-state index is 9.34. The Hall–Kier alpha value is -0.860. The van der Waals surface area contributed by atoms with Gasteiger partial charge in [-0.05, 0) is 11.5 Å². The summed E-state index contributed by atoms with van der Waals surface area (Å²) >= 11 is 0. The lowest BCUT2D eigenvalue weighted by atomic mass is 9.93. The zero-order chi connectivity index (χ0) is 11.3. The number of rotatable bonds is 5. The molecular formula is C13H21NO. The van der Waals surface area contributed by atoms with E-state index in [1.54, 1.807) is 0 Å². The predicted molar refractivity (Wildman–Crippen MR) is 64.0 cm³/mol. The molecule has 2 N–H and O–H groups in total.